The van der Waals surface area contributed by atoms with Crippen LogP contribution in [0.5, 0.6) is 0 Å². The number of aromatic nitrogens is 2. The Bertz CT molecular complexity index is 393. The summed E-state index contributed by atoms with van der Waals surface area (Å²) in [4.78, 5) is 17.9. The Morgan fingerprint density at radius 2 is 2.17 bits per heavy atom. The summed E-state index contributed by atoms with van der Waals surface area (Å²) in [7, 11) is 3.93. The lowest BCUT2D eigenvalue weighted by Gasteiger charge is -2.21. The van der Waals surface area contributed by atoms with E-state index in [1.165, 1.54) is 0 Å². The first-order valence-electron chi connectivity index (χ1n) is 6.14. The highest BCUT2D eigenvalue weighted by Crippen LogP contribution is 2.08. The Morgan fingerprint density at radius 3 is 2.67 bits per heavy atom. The van der Waals surface area contributed by atoms with Gasteiger partial charge in [-0.2, -0.15) is 0 Å². The van der Waals surface area contributed by atoms with Crippen LogP contribution in [0, 0.1) is 0 Å². The van der Waals surface area contributed by atoms with Crippen LogP contribution in [-0.2, 0) is 23.1 Å². The largest absolute Gasteiger partial charge is 0.460 e. The molecule has 5 nitrogen and oxygen atoms in total. The highest BCUT2D eigenvalue weighted by Gasteiger charge is 2.16. The number of aryl methyl sites for hydroxylation is 1. The van der Waals surface area contributed by atoms with Crippen molar-refractivity contribution < 1.29 is 9.53 Å². The van der Waals surface area contributed by atoms with Gasteiger partial charge in [0.25, 0.3) is 0 Å². The van der Waals surface area contributed by atoms with Gasteiger partial charge in [-0.1, -0.05) is 0 Å². The molecule has 1 heterocycles. The van der Waals surface area contributed by atoms with Crippen molar-refractivity contribution in [3.05, 3.63) is 18.2 Å². The molecule has 0 amide bonds. The van der Waals surface area contributed by atoms with Crippen LogP contribution in [0.25, 0.3) is 0 Å². The molecule has 0 atom stereocenters. The van der Waals surface area contributed by atoms with Gasteiger partial charge in [0.2, 0.25) is 0 Å². The number of carbonyl (C=O) groups is 1. The number of hydrogen-bond donors (Lipinski definition) is 0. The number of hydrogen-bond acceptors (Lipinski definition) is 4. The molecule has 1 rings (SSSR count). The molecule has 102 valence electrons. The molecule has 5 heteroatoms. The van der Waals surface area contributed by atoms with Crippen molar-refractivity contribution in [3.8, 4) is 0 Å². The van der Waals surface area contributed by atoms with E-state index in [1.807, 2.05) is 45.6 Å². The maximum Gasteiger partial charge on any atom is 0.307 e. The maximum absolute atomic E-state index is 11.6. The maximum atomic E-state index is 11.6. The molecule has 0 aliphatic carbocycles. The van der Waals surface area contributed by atoms with Crippen LogP contribution < -0.4 is 0 Å². The molecule has 0 fully saturated rings. The van der Waals surface area contributed by atoms with E-state index in [2.05, 4.69) is 9.88 Å². The quantitative estimate of drug-likeness (QED) is 0.748. The first kappa shape index (κ1) is 14.7. The van der Waals surface area contributed by atoms with E-state index in [1.54, 1.807) is 6.20 Å². The highest BCUT2D eigenvalue weighted by molar-refractivity contribution is 5.70. The van der Waals surface area contributed by atoms with Gasteiger partial charge < -0.3 is 9.30 Å². The normalized spacial score (nSPS) is 11.9. The highest BCUT2D eigenvalue weighted by atomic mass is 16.6. The number of esters is 1. The Kier molecular flexibility index (Phi) is 4.90. The molecule has 0 N–H and O–H groups in total. The molecular weight excluding hydrogens is 230 g/mol. The van der Waals surface area contributed by atoms with Crippen molar-refractivity contribution in [3.63, 3.8) is 0 Å². The van der Waals surface area contributed by atoms with E-state index in [4.69, 9.17) is 4.74 Å². The fraction of sp³-hybridized carbons (Fsp3) is 0.692. The van der Waals surface area contributed by atoms with Gasteiger partial charge in [-0.25, -0.2) is 4.98 Å². The molecule has 0 saturated carbocycles. The summed E-state index contributed by atoms with van der Waals surface area (Å²) in [5.41, 5.74) is -0.407. The van der Waals surface area contributed by atoms with Gasteiger partial charge in [-0.3, -0.25) is 9.69 Å². The number of imidazole rings is 1. The van der Waals surface area contributed by atoms with E-state index >= 15 is 0 Å². The topological polar surface area (TPSA) is 47.4 Å². The van der Waals surface area contributed by atoms with Crippen LogP contribution in [-0.4, -0.2) is 39.6 Å². The summed E-state index contributed by atoms with van der Waals surface area (Å²) in [6.45, 7) is 7.03. The Hall–Kier alpha value is -1.36. The van der Waals surface area contributed by atoms with Gasteiger partial charge in [0.15, 0.2) is 0 Å². The second-order valence-corrected chi connectivity index (χ2v) is 5.53. The van der Waals surface area contributed by atoms with Crippen molar-refractivity contribution in [2.75, 3.05) is 13.6 Å². The van der Waals surface area contributed by atoms with E-state index in [0.29, 0.717) is 13.0 Å². The first-order chi connectivity index (χ1) is 8.28. The zero-order valence-corrected chi connectivity index (χ0v) is 11.9. The van der Waals surface area contributed by atoms with E-state index in [-0.39, 0.29) is 5.97 Å². The Balaban J connectivity index is 2.31. The molecule has 0 aliphatic heterocycles. The third kappa shape index (κ3) is 5.31. The molecule has 0 aliphatic rings. The van der Waals surface area contributed by atoms with Crippen molar-refractivity contribution in [1.82, 2.24) is 14.5 Å². The van der Waals surface area contributed by atoms with Gasteiger partial charge in [-0.05, 0) is 27.8 Å². The minimum Gasteiger partial charge on any atom is -0.460 e. The molecule has 1 aromatic rings. The molecule has 0 unspecified atom stereocenters. The van der Waals surface area contributed by atoms with Crippen LogP contribution in [0.1, 0.15) is 33.0 Å². The van der Waals surface area contributed by atoms with Crippen molar-refractivity contribution in [1.29, 1.82) is 0 Å². The van der Waals surface area contributed by atoms with Crippen molar-refractivity contribution in [2.24, 2.45) is 7.05 Å². The lowest BCUT2D eigenvalue weighted by molar-refractivity contribution is -0.155. The monoisotopic (exact) mass is 253 g/mol. The SMILES string of the molecule is CN(CCC(=O)OC(C)(C)C)Cc1nccn1C. The van der Waals surface area contributed by atoms with Crippen LogP contribution in [0.2, 0.25) is 0 Å². The smallest absolute Gasteiger partial charge is 0.307 e. The van der Waals surface area contributed by atoms with Gasteiger partial charge in [0.05, 0.1) is 13.0 Å². The first-order valence-corrected chi connectivity index (χ1v) is 6.14. The molecule has 0 spiro atoms. The van der Waals surface area contributed by atoms with Crippen molar-refractivity contribution >= 4 is 5.97 Å². The second-order valence-electron chi connectivity index (χ2n) is 5.53. The minimum absolute atomic E-state index is 0.158. The molecule has 0 bridgehead atoms. The summed E-state index contributed by atoms with van der Waals surface area (Å²) < 4.78 is 7.24. The number of ether oxygens (including phenoxy) is 1. The molecular formula is C13H23N3O2. The average molecular weight is 253 g/mol. The molecule has 1 aromatic heterocycles. The van der Waals surface area contributed by atoms with E-state index < -0.39 is 5.60 Å². The van der Waals surface area contributed by atoms with Crippen molar-refractivity contribution in [2.45, 2.75) is 39.3 Å². The summed E-state index contributed by atoms with van der Waals surface area (Å²) in [6.07, 6.45) is 4.09. The fourth-order valence-corrected chi connectivity index (χ4v) is 1.54. The van der Waals surface area contributed by atoms with Gasteiger partial charge in [0, 0.05) is 26.0 Å². The van der Waals surface area contributed by atoms with Crippen LogP contribution in [0.15, 0.2) is 12.4 Å². The van der Waals surface area contributed by atoms with Crippen LogP contribution in [0.3, 0.4) is 0 Å². The Morgan fingerprint density at radius 1 is 1.50 bits per heavy atom. The van der Waals surface area contributed by atoms with E-state index in [9.17, 15) is 4.79 Å². The lowest BCUT2D eigenvalue weighted by atomic mass is 10.2. The van der Waals surface area contributed by atoms with Gasteiger partial charge in [-0.15, -0.1) is 0 Å². The number of rotatable bonds is 5. The molecule has 0 radical (unpaired) electrons. The number of carbonyl (C=O) groups excluding carboxylic acids is 1. The summed E-state index contributed by atoms with van der Waals surface area (Å²) in [5.74, 6) is 0.830. The molecule has 0 saturated heterocycles. The minimum atomic E-state index is -0.407. The number of nitrogens with zero attached hydrogens (tertiary/aromatic N) is 3. The van der Waals surface area contributed by atoms with Gasteiger partial charge >= 0.3 is 5.97 Å². The second kappa shape index (κ2) is 6.00. The molecule has 18 heavy (non-hydrogen) atoms. The van der Waals surface area contributed by atoms with Crippen LogP contribution in [0.4, 0.5) is 0 Å². The third-order valence-corrected chi connectivity index (χ3v) is 2.45. The molecule has 0 aromatic carbocycles. The van der Waals surface area contributed by atoms with Crippen LogP contribution >= 0.6 is 0 Å². The summed E-state index contributed by atoms with van der Waals surface area (Å²) in [6, 6.07) is 0. The predicted molar refractivity (Wildman–Crippen MR) is 70.0 cm³/mol. The van der Waals surface area contributed by atoms with Gasteiger partial charge in [0.1, 0.15) is 11.4 Å². The third-order valence-electron chi connectivity index (χ3n) is 2.45. The van der Waals surface area contributed by atoms with E-state index in [0.717, 1.165) is 12.4 Å². The Labute approximate surface area is 109 Å². The zero-order chi connectivity index (χ0) is 13.8. The summed E-state index contributed by atoms with van der Waals surface area (Å²) in [5, 5.41) is 0. The average Bonchev–Trinajstić information content (AvgIpc) is 2.59. The fourth-order valence-electron chi connectivity index (χ4n) is 1.54. The lowest BCUT2D eigenvalue weighted by Crippen LogP contribution is -2.28. The standard InChI is InChI=1S/C13H23N3O2/c1-13(2,3)18-12(17)6-8-15(4)10-11-14-7-9-16(11)5/h7,9H,6,8,10H2,1-5H3. The predicted octanol–water partition coefficient (Wildman–Crippen LogP) is 1.58. The zero-order valence-electron chi connectivity index (χ0n) is 11.9. The summed E-state index contributed by atoms with van der Waals surface area (Å²) >= 11 is 0.